The van der Waals surface area contributed by atoms with Gasteiger partial charge in [0, 0.05) is 30.4 Å². The van der Waals surface area contributed by atoms with Gasteiger partial charge in [0.2, 0.25) is 10.0 Å². The molecule has 3 heterocycles. The third kappa shape index (κ3) is 3.90. The van der Waals surface area contributed by atoms with Crippen LogP contribution in [0.3, 0.4) is 0 Å². The molecule has 0 saturated carbocycles. The average Bonchev–Trinajstić information content (AvgIpc) is 3.13. The Morgan fingerprint density at radius 2 is 2.10 bits per heavy atom. The standard InChI is InChI=1S/C21H22FN3O3S/c1-3-28-20-5-4-15(12-18(20)22)16-6-9-23-21-17(16)13-19(24-21)14-7-10-25(11-8-14)29(2,26)27/h4-7,9,12-13H,3,8,10-11H2,1-2H3,(H,23,24). The number of H-pyrrole nitrogens is 1. The predicted octanol–water partition coefficient (Wildman–Crippen LogP) is 3.82. The van der Waals surface area contributed by atoms with Crippen LogP contribution in [0.5, 0.6) is 5.75 Å². The van der Waals surface area contributed by atoms with Crippen molar-refractivity contribution in [3.63, 3.8) is 0 Å². The van der Waals surface area contributed by atoms with Gasteiger partial charge in [-0.15, -0.1) is 0 Å². The van der Waals surface area contributed by atoms with Crippen LogP contribution in [0.2, 0.25) is 0 Å². The lowest BCUT2D eigenvalue weighted by molar-refractivity contribution is 0.321. The van der Waals surface area contributed by atoms with Crippen LogP contribution in [0.15, 0.2) is 42.6 Å². The second kappa shape index (κ2) is 7.61. The van der Waals surface area contributed by atoms with Gasteiger partial charge in [-0.25, -0.2) is 17.8 Å². The SMILES string of the molecule is CCOc1ccc(-c2ccnc3[nH]c(C4=CCN(S(C)(=O)=O)CC4)cc23)cc1F. The van der Waals surface area contributed by atoms with E-state index in [0.29, 0.717) is 31.8 Å². The molecule has 0 bridgehead atoms. The van der Waals surface area contributed by atoms with Crippen LogP contribution in [0.4, 0.5) is 4.39 Å². The Balaban J connectivity index is 1.70. The Morgan fingerprint density at radius 1 is 1.28 bits per heavy atom. The number of benzene rings is 1. The Hall–Kier alpha value is -2.71. The van der Waals surface area contributed by atoms with Crippen molar-refractivity contribution in [3.05, 3.63) is 54.1 Å². The zero-order valence-corrected chi connectivity index (χ0v) is 17.1. The van der Waals surface area contributed by atoms with Crippen LogP contribution in [-0.2, 0) is 10.0 Å². The van der Waals surface area contributed by atoms with Gasteiger partial charge >= 0.3 is 0 Å². The first-order chi connectivity index (χ1) is 13.9. The van der Waals surface area contributed by atoms with Crippen LogP contribution in [-0.4, -0.2) is 48.6 Å². The van der Waals surface area contributed by atoms with Gasteiger partial charge in [0.15, 0.2) is 11.6 Å². The fourth-order valence-electron chi connectivity index (χ4n) is 3.59. The number of aromatic amines is 1. The highest BCUT2D eigenvalue weighted by Crippen LogP contribution is 2.33. The molecule has 8 heteroatoms. The first-order valence-corrected chi connectivity index (χ1v) is 11.3. The Labute approximate surface area is 169 Å². The Kier molecular flexibility index (Phi) is 5.14. The van der Waals surface area contributed by atoms with Gasteiger partial charge in [-0.3, -0.25) is 0 Å². The molecule has 3 aromatic rings. The second-order valence-corrected chi connectivity index (χ2v) is 8.96. The molecule has 0 amide bonds. The number of sulfonamides is 1. The lowest BCUT2D eigenvalue weighted by atomic mass is 10.0. The average molecular weight is 415 g/mol. The molecule has 1 aliphatic rings. The van der Waals surface area contributed by atoms with Crippen molar-refractivity contribution in [2.45, 2.75) is 13.3 Å². The molecule has 1 aliphatic heterocycles. The summed E-state index contributed by atoms with van der Waals surface area (Å²) < 4.78 is 44.5. The molecule has 2 aromatic heterocycles. The summed E-state index contributed by atoms with van der Waals surface area (Å²) >= 11 is 0. The number of aromatic nitrogens is 2. The minimum Gasteiger partial charge on any atom is -0.491 e. The van der Waals surface area contributed by atoms with Crippen molar-refractivity contribution in [2.24, 2.45) is 0 Å². The molecule has 0 spiro atoms. The highest BCUT2D eigenvalue weighted by Gasteiger charge is 2.21. The van der Waals surface area contributed by atoms with Gasteiger partial charge < -0.3 is 9.72 Å². The van der Waals surface area contributed by atoms with Gasteiger partial charge in [-0.05, 0) is 54.3 Å². The lowest BCUT2D eigenvalue weighted by Crippen LogP contribution is -2.33. The van der Waals surface area contributed by atoms with Crippen LogP contribution in [0.25, 0.3) is 27.7 Å². The maximum atomic E-state index is 14.3. The summed E-state index contributed by atoms with van der Waals surface area (Å²) in [6.07, 6.45) is 5.45. The van der Waals surface area contributed by atoms with E-state index in [2.05, 4.69) is 9.97 Å². The van der Waals surface area contributed by atoms with Crippen LogP contribution in [0, 0.1) is 5.82 Å². The molecule has 6 nitrogen and oxygen atoms in total. The first-order valence-electron chi connectivity index (χ1n) is 9.42. The molecule has 1 N–H and O–H groups in total. The quantitative estimate of drug-likeness (QED) is 0.688. The number of fused-ring (bicyclic) bond motifs is 1. The summed E-state index contributed by atoms with van der Waals surface area (Å²) in [5, 5.41) is 0.887. The summed E-state index contributed by atoms with van der Waals surface area (Å²) in [5.74, 6) is -0.167. The molecular weight excluding hydrogens is 393 g/mol. The number of pyridine rings is 1. The fourth-order valence-corrected chi connectivity index (χ4v) is 4.36. The van der Waals surface area contributed by atoms with Crippen LogP contribution in [0.1, 0.15) is 19.0 Å². The van der Waals surface area contributed by atoms with Crippen molar-refractivity contribution < 1.29 is 17.5 Å². The molecule has 0 aliphatic carbocycles. The van der Waals surface area contributed by atoms with Crippen molar-refractivity contribution in [2.75, 3.05) is 26.0 Å². The lowest BCUT2D eigenvalue weighted by Gasteiger charge is -2.23. The minimum absolute atomic E-state index is 0.235. The van der Waals surface area contributed by atoms with Crippen molar-refractivity contribution in [1.82, 2.24) is 14.3 Å². The number of nitrogens with zero attached hydrogens (tertiary/aromatic N) is 2. The number of ether oxygens (including phenoxy) is 1. The molecule has 0 saturated heterocycles. The van der Waals surface area contributed by atoms with E-state index in [-0.39, 0.29) is 5.75 Å². The molecular formula is C21H22FN3O3S. The van der Waals surface area contributed by atoms with Gasteiger partial charge in [0.05, 0.1) is 12.9 Å². The smallest absolute Gasteiger partial charge is 0.211 e. The van der Waals surface area contributed by atoms with Gasteiger partial charge in [-0.1, -0.05) is 12.1 Å². The third-order valence-corrected chi connectivity index (χ3v) is 6.33. The Bertz CT molecular complexity index is 1200. The number of hydrogen-bond donors (Lipinski definition) is 1. The number of hydrogen-bond acceptors (Lipinski definition) is 4. The van der Waals surface area contributed by atoms with Crippen LogP contribution >= 0.6 is 0 Å². The van der Waals surface area contributed by atoms with Gasteiger partial charge in [0.1, 0.15) is 5.65 Å². The molecule has 0 fully saturated rings. The first kappa shape index (κ1) is 19.6. The van der Waals surface area contributed by atoms with E-state index in [1.54, 1.807) is 12.3 Å². The van der Waals surface area contributed by atoms with E-state index in [4.69, 9.17) is 4.74 Å². The monoisotopic (exact) mass is 415 g/mol. The molecule has 0 radical (unpaired) electrons. The second-order valence-electron chi connectivity index (χ2n) is 6.98. The van der Waals surface area contributed by atoms with E-state index in [0.717, 1.165) is 27.8 Å². The predicted molar refractivity (Wildman–Crippen MR) is 112 cm³/mol. The molecule has 1 aromatic carbocycles. The maximum Gasteiger partial charge on any atom is 0.211 e. The van der Waals surface area contributed by atoms with E-state index >= 15 is 0 Å². The zero-order valence-electron chi connectivity index (χ0n) is 16.3. The van der Waals surface area contributed by atoms with Crippen LogP contribution < -0.4 is 4.74 Å². The van der Waals surface area contributed by atoms with Gasteiger partial charge in [0.25, 0.3) is 0 Å². The van der Waals surface area contributed by atoms with Crippen molar-refractivity contribution in [3.8, 4) is 16.9 Å². The highest BCUT2D eigenvalue weighted by molar-refractivity contribution is 7.88. The van der Waals surface area contributed by atoms with E-state index < -0.39 is 15.8 Å². The number of rotatable bonds is 5. The van der Waals surface area contributed by atoms with E-state index in [9.17, 15) is 12.8 Å². The number of nitrogens with one attached hydrogen (secondary N) is 1. The highest BCUT2D eigenvalue weighted by atomic mass is 32.2. The normalized spacial score (nSPS) is 15.5. The van der Waals surface area contributed by atoms with Gasteiger partial charge in [-0.2, -0.15) is 4.31 Å². The molecule has 0 unspecified atom stereocenters. The summed E-state index contributed by atoms with van der Waals surface area (Å²) in [4.78, 5) is 7.71. The molecule has 4 rings (SSSR count). The fraction of sp³-hybridized carbons (Fsp3) is 0.286. The van der Waals surface area contributed by atoms with E-state index in [1.165, 1.54) is 16.6 Å². The topological polar surface area (TPSA) is 75.3 Å². The summed E-state index contributed by atoms with van der Waals surface area (Å²) in [6, 6.07) is 8.79. The Morgan fingerprint density at radius 3 is 2.76 bits per heavy atom. The molecule has 152 valence electrons. The molecule has 0 atom stereocenters. The van der Waals surface area contributed by atoms with E-state index in [1.807, 2.05) is 31.2 Å². The molecule has 29 heavy (non-hydrogen) atoms. The maximum absolute atomic E-state index is 14.3. The summed E-state index contributed by atoms with van der Waals surface area (Å²) in [5.41, 5.74) is 4.27. The third-order valence-electron chi connectivity index (χ3n) is 5.06. The number of halogens is 1. The summed E-state index contributed by atoms with van der Waals surface area (Å²) in [6.45, 7) is 3.03. The summed E-state index contributed by atoms with van der Waals surface area (Å²) in [7, 11) is -3.19. The van der Waals surface area contributed by atoms with Crippen molar-refractivity contribution in [1.29, 1.82) is 0 Å². The zero-order chi connectivity index (χ0) is 20.6. The largest absolute Gasteiger partial charge is 0.491 e. The minimum atomic E-state index is -3.19. The van der Waals surface area contributed by atoms with Crippen molar-refractivity contribution >= 4 is 26.6 Å².